The van der Waals surface area contributed by atoms with Crippen LogP contribution in [0.5, 0.6) is 0 Å². The van der Waals surface area contributed by atoms with Gasteiger partial charge in [0.2, 0.25) is 0 Å². The van der Waals surface area contributed by atoms with Gasteiger partial charge in [0, 0.05) is 23.2 Å². The number of benzene rings is 1. The molecule has 6 heteroatoms. The number of carbonyl (C=O) groups excluding carboxylic acids is 1. The first-order chi connectivity index (χ1) is 9.65. The zero-order valence-electron chi connectivity index (χ0n) is 10.6. The second-order valence-corrected chi connectivity index (χ2v) is 6.16. The topological polar surface area (TPSA) is 38.3 Å². The van der Waals surface area contributed by atoms with E-state index in [1.807, 2.05) is 0 Å². The lowest BCUT2D eigenvalue weighted by atomic mass is 10.2. The van der Waals surface area contributed by atoms with Crippen molar-refractivity contribution in [2.75, 3.05) is 13.2 Å². The summed E-state index contributed by atoms with van der Waals surface area (Å²) < 4.78 is 19.3. The van der Waals surface area contributed by atoms with Crippen LogP contribution < -0.4 is 5.32 Å². The second kappa shape index (κ2) is 5.68. The van der Waals surface area contributed by atoms with Gasteiger partial charge in [-0.15, -0.1) is 11.3 Å². The summed E-state index contributed by atoms with van der Waals surface area (Å²) in [5.74, 6) is -0.561. The van der Waals surface area contributed by atoms with E-state index in [1.165, 1.54) is 23.5 Å². The average Bonchev–Trinajstić information content (AvgIpc) is 3.04. The Kier molecular flexibility index (Phi) is 3.92. The van der Waals surface area contributed by atoms with E-state index in [4.69, 9.17) is 16.3 Å². The molecule has 3 rings (SSSR count). The fourth-order valence-corrected chi connectivity index (χ4v) is 3.74. The molecule has 1 fully saturated rings. The minimum atomic E-state index is -0.332. The fraction of sp³-hybridized carbons (Fsp3) is 0.357. The average molecular weight is 314 g/mol. The molecule has 20 heavy (non-hydrogen) atoms. The molecule has 1 N–H and O–H groups in total. The van der Waals surface area contributed by atoms with Crippen LogP contribution in [-0.2, 0) is 4.74 Å². The maximum Gasteiger partial charge on any atom is 0.263 e. The molecule has 2 heterocycles. The van der Waals surface area contributed by atoms with Crippen LogP contribution in [0, 0.1) is 5.82 Å². The quantitative estimate of drug-likeness (QED) is 0.940. The van der Waals surface area contributed by atoms with Crippen LogP contribution in [0.3, 0.4) is 0 Å². The number of thiophene rings is 1. The summed E-state index contributed by atoms with van der Waals surface area (Å²) >= 11 is 7.40. The maximum atomic E-state index is 13.2. The third-order valence-electron chi connectivity index (χ3n) is 3.31. The summed E-state index contributed by atoms with van der Waals surface area (Å²) in [6.07, 6.45) is 2.08. The Balaban J connectivity index is 1.78. The molecular formula is C14H13ClFNO2S. The van der Waals surface area contributed by atoms with Gasteiger partial charge in [0.15, 0.2) is 0 Å². The van der Waals surface area contributed by atoms with Crippen LogP contribution in [0.15, 0.2) is 18.2 Å². The molecule has 0 spiro atoms. The Hall–Kier alpha value is -1.17. The largest absolute Gasteiger partial charge is 0.376 e. The van der Waals surface area contributed by atoms with Crippen molar-refractivity contribution in [3.63, 3.8) is 0 Å². The lowest BCUT2D eigenvalue weighted by Crippen LogP contribution is -2.31. The number of carbonyl (C=O) groups is 1. The van der Waals surface area contributed by atoms with Crippen molar-refractivity contribution >= 4 is 38.9 Å². The molecule has 1 amide bonds. The van der Waals surface area contributed by atoms with Crippen LogP contribution in [0.4, 0.5) is 4.39 Å². The number of ether oxygens (including phenoxy) is 1. The normalized spacial score (nSPS) is 18.6. The second-order valence-electron chi connectivity index (χ2n) is 4.73. The zero-order valence-corrected chi connectivity index (χ0v) is 12.2. The maximum absolute atomic E-state index is 13.2. The first-order valence-electron chi connectivity index (χ1n) is 6.42. The molecule has 1 aliphatic heterocycles. The highest BCUT2D eigenvalue weighted by Gasteiger charge is 2.20. The van der Waals surface area contributed by atoms with Crippen LogP contribution in [0.2, 0.25) is 5.02 Å². The predicted molar refractivity (Wildman–Crippen MR) is 78.1 cm³/mol. The zero-order chi connectivity index (χ0) is 14.1. The minimum Gasteiger partial charge on any atom is -0.376 e. The van der Waals surface area contributed by atoms with Gasteiger partial charge < -0.3 is 10.1 Å². The van der Waals surface area contributed by atoms with Crippen LogP contribution in [0.1, 0.15) is 22.5 Å². The van der Waals surface area contributed by atoms with Crippen molar-refractivity contribution in [1.29, 1.82) is 0 Å². The van der Waals surface area contributed by atoms with Gasteiger partial charge in [0.05, 0.1) is 11.1 Å². The Morgan fingerprint density at radius 1 is 1.55 bits per heavy atom. The van der Waals surface area contributed by atoms with Gasteiger partial charge in [0.25, 0.3) is 5.91 Å². The molecular weight excluding hydrogens is 301 g/mol. The van der Waals surface area contributed by atoms with Gasteiger partial charge in [-0.2, -0.15) is 0 Å². The molecule has 1 aromatic carbocycles. The predicted octanol–water partition coefficient (Wildman–Crippen LogP) is 3.60. The number of hydrogen-bond acceptors (Lipinski definition) is 3. The molecule has 0 saturated carbocycles. The molecule has 2 aromatic rings. The summed E-state index contributed by atoms with van der Waals surface area (Å²) in [7, 11) is 0. The SMILES string of the molecule is O=C(NC[C@H]1CCCO1)c1sc2cc(F)ccc2c1Cl. The number of halogens is 2. The first kappa shape index (κ1) is 13.8. The van der Waals surface area contributed by atoms with E-state index in [1.54, 1.807) is 6.07 Å². The van der Waals surface area contributed by atoms with Crippen LogP contribution in [-0.4, -0.2) is 25.2 Å². The number of amides is 1. The van der Waals surface area contributed by atoms with E-state index >= 15 is 0 Å². The number of fused-ring (bicyclic) bond motifs is 1. The fourth-order valence-electron chi connectivity index (χ4n) is 2.28. The third kappa shape index (κ3) is 2.66. The minimum absolute atomic E-state index is 0.0875. The molecule has 106 valence electrons. The standard InChI is InChI=1S/C14H13ClFNO2S/c15-12-10-4-3-8(16)6-11(10)20-13(12)14(18)17-7-9-2-1-5-19-9/h3-4,6,9H,1-2,5,7H2,(H,17,18)/t9-/m1/s1. The monoisotopic (exact) mass is 313 g/mol. The smallest absolute Gasteiger partial charge is 0.263 e. The first-order valence-corrected chi connectivity index (χ1v) is 7.62. The van der Waals surface area contributed by atoms with Gasteiger partial charge >= 0.3 is 0 Å². The number of rotatable bonds is 3. The highest BCUT2D eigenvalue weighted by molar-refractivity contribution is 7.21. The van der Waals surface area contributed by atoms with Crippen molar-refractivity contribution < 1.29 is 13.9 Å². The van der Waals surface area contributed by atoms with E-state index < -0.39 is 0 Å². The molecule has 0 unspecified atom stereocenters. The number of hydrogen-bond donors (Lipinski definition) is 1. The van der Waals surface area contributed by atoms with Gasteiger partial charge in [-0.25, -0.2) is 4.39 Å². The van der Waals surface area contributed by atoms with Crippen molar-refractivity contribution in [1.82, 2.24) is 5.32 Å². The van der Waals surface area contributed by atoms with E-state index in [2.05, 4.69) is 5.32 Å². The third-order valence-corrected chi connectivity index (χ3v) is 4.97. The lowest BCUT2D eigenvalue weighted by Gasteiger charge is -2.09. The van der Waals surface area contributed by atoms with E-state index in [0.29, 0.717) is 26.5 Å². The molecule has 1 aliphatic rings. The van der Waals surface area contributed by atoms with Crippen molar-refractivity contribution in [3.05, 3.63) is 33.9 Å². The molecule has 0 bridgehead atoms. The summed E-state index contributed by atoms with van der Waals surface area (Å²) in [6, 6.07) is 4.33. The molecule has 1 saturated heterocycles. The van der Waals surface area contributed by atoms with Gasteiger partial charge in [-0.1, -0.05) is 11.6 Å². The van der Waals surface area contributed by atoms with Crippen molar-refractivity contribution in [3.8, 4) is 0 Å². The molecule has 1 aromatic heterocycles. The molecule has 1 atom stereocenters. The van der Waals surface area contributed by atoms with Gasteiger partial charge in [-0.3, -0.25) is 4.79 Å². The van der Waals surface area contributed by atoms with Crippen LogP contribution >= 0.6 is 22.9 Å². The molecule has 0 aliphatic carbocycles. The highest BCUT2D eigenvalue weighted by Crippen LogP contribution is 2.35. The van der Waals surface area contributed by atoms with E-state index in [9.17, 15) is 9.18 Å². The van der Waals surface area contributed by atoms with Crippen LogP contribution in [0.25, 0.3) is 10.1 Å². The van der Waals surface area contributed by atoms with Gasteiger partial charge in [0.1, 0.15) is 10.7 Å². The Labute approximate surface area is 124 Å². The van der Waals surface area contributed by atoms with E-state index in [-0.39, 0.29) is 17.8 Å². The number of nitrogens with one attached hydrogen (secondary N) is 1. The Morgan fingerprint density at radius 2 is 2.40 bits per heavy atom. The Bertz CT molecular complexity index is 652. The summed E-state index contributed by atoms with van der Waals surface area (Å²) in [5.41, 5.74) is 0. The summed E-state index contributed by atoms with van der Waals surface area (Å²) in [6.45, 7) is 1.24. The molecule has 3 nitrogen and oxygen atoms in total. The van der Waals surface area contributed by atoms with Crippen molar-refractivity contribution in [2.45, 2.75) is 18.9 Å². The van der Waals surface area contributed by atoms with Crippen molar-refractivity contribution in [2.24, 2.45) is 0 Å². The summed E-state index contributed by atoms with van der Waals surface area (Å²) in [5, 5.41) is 3.92. The van der Waals surface area contributed by atoms with Gasteiger partial charge in [-0.05, 0) is 31.0 Å². The molecule has 0 radical (unpaired) electrons. The van der Waals surface area contributed by atoms with E-state index in [0.717, 1.165) is 19.4 Å². The summed E-state index contributed by atoms with van der Waals surface area (Å²) in [4.78, 5) is 12.6. The Morgan fingerprint density at radius 3 is 3.15 bits per heavy atom. The highest BCUT2D eigenvalue weighted by atomic mass is 35.5. The lowest BCUT2D eigenvalue weighted by molar-refractivity contribution is 0.0861.